The minimum atomic E-state index is -3.32. The molecule has 1 aliphatic rings. The molecule has 11 heteroatoms. The number of anilines is 2. The van der Waals surface area contributed by atoms with Crippen LogP contribution in [-0.4, -0.2) is 42.9 Å². The van der Waals surface area contributed by atoms with Crippen molar-refractivity contribution >= 4 is 11.4 Å². The maximum absolute atomic E-state index is 13.6. The highest BCUT2D eigenvalue weighted by Crippen LogP contribution is 2.31. The lowest BCUT2D eigenvalue weighted by molar-refractivity contribution is 0.0138. The first-order valence-electron chi connectivity index (χ1n) is 9.15. The van der Waals surface area contributed by atoms with Crippen LogP contribution in [0.15, 0.2) is 47.6 Å². The minimum absolute atomic E-state index is 0.108. The van der Waals surface area contributed by atoms with E-state index in [2.05, 4.69) is 25.3 Å². The third-order valence-corrected chi connectivity index (χ3v) is 4.33. The number of morpholine rings is 1. The number of alkyl halides is 2. The quantitative estimate of drug-likeness (QED) is 0.626. The maximum atomic E-state index is 13.6. The average molecular weight is 422 g/mol. The van der Waals surface area contributed by atoms with E-state index in [1.165, 1.54) is 12.3 Å². The molecule has 0 unspecified atom stereocenters. The smallest absolute Gasteiger partial charge is 0.316 e. The van der Waals surface area contributed by atoms with Crippen LogP contribution < -0.4 is 15.0 Å². The van der Waals surface area contributed by atoms with Crippen LogP contribution in [0.5, 0.6) is 6.01 Å². The van der Waals surface area contributed by atoms with Crippen molar-refractivity contribution in [2.75, 3.05) is 43.1 Å². The van der Waals surface area contributed by atoms with Crippen molar-refractivity contribution in [1.29, 1.82) is 5.53 Å². The number of halogens is 3. The Labute approximate surface area is 171 Å². The molecule has 1 fully saturated rings. The normalized spacial score (nSPS) is 15.1. The van der Waals surface area contributed by atoms with Gasteiger partial charge in [0.05, 0.1) is 36.9 Å². The Bertz CT molecular complexity index is 896. The Morgan fingerprint density at radius 2 is 2.03 bits per heavy atom. The van der Waals surface area contributed by atoms with Crippen molar-refractivity contribution in [3.63, 3.8) is 0 Å². The van der Waals surface area contributed by atoms with Crippen LogP contribution in [0.3, 0.4) is 0 Å². The van der Waals surface area contributed by atoms with Gasteiger partial charge in [0, 0.05) is 31.9 Å². The molecule has 2 aromatic rings. The molecule has 2 N–H and O–H groups in total. The van der Waals surface area contributed by atoms with Gasteiger partial charge in [-0.2, -0.15) is 5.11 Å². The largest absolute Gasteiger partial charge is 0.457 e. The lowest BCUT2D eigenvalue weighted by Gasteiger charge is -2.28. The van der Waals surface area contributed by atoms with Gasteiger partial charge in [-0.15, -0.1) is 0 Å². The van der Waals surface area contributed by atoms with E-state index in [1.54, 1.807) is 12.4 Å². The first-order valence-corrected chi connectivity index (χ1v) is 9.15. The van der Waals surface area contributed by atoms with Gasteiger partial charge in [0.25, 0.3) is 5.92 Å². The van der Waals surface area contributed by atoms with Gasteiger partial charge >= 0.3 is 6.01 Å². The van der Waals surface area contributed by atoms with E-state index in [0.29, 0.717) is 20.1 Å². The fraction of sp³-hybridized carbons (Fsp3) is 0.368. The predicted molar refractivity (Wildman–Crippen MR) is 103 cm³/mol. The summed E-state index contributed by atoms with van der Waals surface area (Å²) in [6, 6.07) is 3.36. The second kappa shape index (κ2) is 9.53. The van der Waals surface area contributed by atoms with Crippen LogP contribution in [0.4, 0.5) is 24.5 Å². The molecule has 3 rings (SSSR count). The first kappa shape index (κ1) is 21.5. The van der Waals surface area contributed by atoms with Gasteiger partial charge in [0.1, 0.15) is 18.1 Å². The van der Waals surface area contributed by atoms with Crippen molar-refractivity contribution in [2.45, 2.75) is 12.8 Å². The Morgan fingerprint density at radius 1 is 1.33 bits per heavy atom. The molecule has 160 valence electrons. The van der Waals surface area contributed by atoms with Gasteiger partial charge < -0.3 is 19.7 Å². The highest BCUT2D eigenvalue weighted by molar-refractivity contribution is 5.49. The molecule has 1 aromatic heterocycles. The summed E-state index contributed by atoms with van der Waals surface area (Å²) >= 11 is 0. The number of ether oxygens (including phenoxy) is 2. The van der Waals surface area contributed by atoms with Gasteiger partial charge in [0.2, 0.25) is 0 Å². The summed E-state index contributed by atoms with van der Waals surface area (Å²) in [7, 11) is 0. The molecule has 30 heavy (non-hydrogen) atoms. The molecule has 0 bridgehead atoms. The molecule has 0 radical (unpaired) electrons. The molecule has 0 spiro atoms. The maximum Gasteiger partial charge on any atom is 0.316 e. The Kier molecular flexibility index (Phi) is 6.83. The SMILES string of the molecule is CC(F)(F)c1cc(N/C=C(/COc2ncc(N3CCOCC3)cn2)N=N)ccc1F. The highest BCUT2D eigenvalue weighted by atomic mass is 19.3. The van der Waals surface area contributed by atoms with Gasteiger partial charge in [-0.3, -0.25) is 0 Å². The lowest BCUT2D eigenvalue weighted by atomic mass is 10.1. The van der Waals surface area contributed by atoms with E-state index in [4.69, 9.17) is 15.0 Å². The number of rotatable bonds is 8. The molecule has 1 aliphatic heterocycles. The Hall–Kier alpha value is -3.21. The van der Waals surface area contributed by atoms with Crippen LogP contribution >= 0.6 is 0 Å². The summed E-state index contributed by atoms with van der Waals surface area (Å²) < 4.78 is 51.2. The van der Waals surface area contributed by atoms with E-state index in [9.17, 15) is 13.2 Å². The van der Waals surface area contributed by atoms with Gasteiger partial charge in [-0.1, -0.05) is 0 Å². The minimum Gasteiger partial charge on any atom is -0.457 e. The summed E-state index contributed by atoms with van der Waals surface area (Å²) in [6.45, 7) is 3.31. The second-order valence-corrected chi connectivity index (χ2v) is 6.59. The number of nitrogens with one attached hydrogen (secondary N) is 2. The van der Waals surface area contributed by atoms with E-state index >= 15 is 0 Å². The van der Waals surface area contributed by atoms with Crippen molar-refractivity contribution in [3.05, 3.63) is 53.9 Å². The van der Waals surface area contributed by atoms with Crippen LogP contribution in [0.2, 0.25) is 0 Å². The van der Waals surface area contributed by atoms with E-state index < -0.39 is 17.3 Å². The zero-order chi connectivity index (χ0) is 21.6. The van der Waals surface area contributed by atoms with Crippen molar-refractivity contribution in [1.82, 2.24) is 9.97 Å². The number of aromatic nitrogens is 2. The molecule has 1 saturated heterocycles. The summed E-state index contributed by atoms with van der Waals surface area (Å²) in [4.78, 5) is 10.4. The molecule has 8 nitrogen and oxygen atoms in total. The predicted octanol–water partition coefficient (Wildman–Crippen LogP) is 3.93. The average Bonchev–Trinajstić information content (AvgIpc) is 2.75. The Balaban J connectivity index is 1.59. The van der Waals surface area contributed by atoms with Crippen LogP contribution in [0.1, 0.15) is 12.5 Å². The lowest BCUT2D eigenvalue weighted by Crippen LogP contribution is -2.36. The molecule has 0 atom stereocenters. The number of benzene rings is 1. The van der Waals surface area contributed by atoms with E-state index in [0.717, 1.165) is 30.9 Å². The van der Waals surface area contributed by atoms with E-state index in [-0.39, 0.29) is 24.0 Å². The number of hydrogen-bond acceptors (Lipinski definition) is 8. The Morgan fingerprint density at radius 3 is 2.67 bits per heavy atom. The van der Waals surface area contributed by atoms with Crippen LogP contribution in [-0.2, 0) is 10.7 Å². The molecule has 2 heterocycles. The monoisotopic (exact) mass is 422 g/mol. The fourth-order valence-corrected chi connectivity index (χ4v) is 2.73. The summed E-state index contributed by atoms with van der Waals surface area (Å²) in [5.74, 6) is -4.31. The summed E-state index contributed by atoms with van der Waals surface area (Å²) in [5.41, 5.74) is 7.74. The zero-order valence-corrected chi connectivity index (χ0v) is 16.2. The molecule has 0 aliphatic carbocycles. The third kappa shape index (κ3) is 5.66. The molecule has 1 aromatic carbocycles. The van der Waals surface area contributed by atoms with Crippen molar-refractivity contribution < 1.29 is 22.6 Å². The van der Waals surface area contributed by atoms with E-state index in [1.807, 2.05) is 0 Å². The number of nitrogens with zero attached hydrogens (tertiary/aromatic N) is 4. The van der Waals surface area contributed by atoms with Gasteiger partial charge in [0.15, 0.2) is 0 Å². The zero-order valence-electron chi connectivity index (χ0n) is 16.2. The van der Waals surface area contributed by atoms with Crippen LogP contribution in [0.25, 0.3) is 0 Å². The summed E-state index contributed by atoms with van der Waals surface area (Å²) in [5, 5.41) is 6.03. The topological polar surface area (TPSA) is 95.7 Å². The second-order valence-electron chi connectivity index (χ2n) is 6.59. The third-order valence-electron chi connectivity index (χ3n) is 4.33. The molecular formula is C19H21F3N6O2. The molecule has 0 saturated carbocycles. The fourth-order valence-electron chi connectivity index (χ4n) is 2.73. The number of hydrogen-bond donors (Lipinski definition) is 2. The molecular weight excluding hydrogens is 401 g/mol. The van der Waals surface area contributed by atoms with Gasteiger partial charge in [-0.25, -0.2) is 28.7 Å². The molecule has 0 amide bonds. The first-order chi connectivity index (χ1) is 14.4. The summed E-state index contributed by atoms with van der Waals surface area (Å²) in [6.07, 6.45) is 4.58. The van der Waals surface area contributed by atoms with Gasteiger partial charge in [-0.05, 0) is 18.2 Å². The van der Waals surface area contributed by atoms with Crippen molar-refractivity contribution in [2.24, 2.45) is 5.11 Å². The standard InChI is InChI=1S/C19H21F3N6O2/c1-19(21,22)16-8-13(2-3-17(16)20)24-9-14(27-23)12-30-18-25-10-15(11-26-18)28-4-6-29-7-5-28/h2-3,8-11,23-24H,4-7,12H2,1H3/b14-9-,27-23?. The highest BCUT2D eigenvalue weighted by Gasteiger charge is 2.28. The van der Waals surface area contributed by atoms with Crippen molar-refractivity contribution in [3.8, 4) is 6.01 Å². The van der Waals surface area contributed by atoms with Crippen LogP contribution in [0, 0.1) is 11.3 Å².